The van der Waals surface area contributed by atoms with Crippen molar-refractivity contribution in [1.29, 1.82) is 0 Å². The van der Waals surface area contributed by atoms with Crippen LogP contribution in [0.1, 0.15) is 27.0 Å². The van der Waals surface area contributed by atoms with E-state index in [1.165, 1.54) is 11.1 Å². The van der Waals surface area contributed by atoms with E-state index < -0.39 is 6.10 Å². The van der Waals surface area contributed by atoms with Crippen LogP contribution in [0.5, 0.6) is 0 Å². The van der Waals surface area contributed by atoms with Crippen LogP contribution in [-0.4, -0.2) is 60.9 Å². The molecule has 0 radical (unpaired) electrons. The summed E-state index contributed by atoms with van der Waals surface area (Å²) in [5, 5.41) is 16.7. The molecule has 0 saturated carbocycles. The summed E-state index contributed by atoms with van der Waals surface area (Å²) in [5.74, 6) is -0.154. The molecule has 154 valence electrons. The zero-order valence-corrected chi connectivity index (χ0v) is 16.9. The second kappa shape index (κ2) is 8.95. The molecule has 0 aliphatic carbocycles. The Morgan fingerprint density at radius 1 is 1.24 bits per heavy atom. The maximum atomic E-state index is 12.7. The lowest BCUT2D eigenvalue weighted by atomic mass is 10.00. The van der Waals surface area contributed by atoms with Gasteiger partial charge in [0.1, 0.15) is 0 Å². The van der Waals surface area contributed by atoms with Gasteiger partial charge in [0.25, 0.3) is 5.91 Å². The van der Waals surface area contributed by atoms with Gasteiger partial charge in [0.15, 0.2) is 0 Å². The standard InChI is InChI=1S/C23H29N3O3/c1-16-6-7-19(25-20-14-29-15-20)10-22(16)23(28)24-11-21(27)13-26-9-8-17-4-2-3-5-18(17)12-26/h2-7,10,20-21,25,27H,8-9,11-15H2,1H3,(H,24,28). The number of carbonyl (C=O) groups is 1. The number of nitrogens with zero attached hydrogens (tertiary/aromatic N) is 1. The van der Waals surface area contributed by atoms with E-state index in [9.17, 15) is 9.90 Å². The summed E-state index contributed by atoms with van der Waals surface area (Å²) >= 11 is 0. The first kappa shape index (κ1) is 19.9. The van der Waals surface area contributed by atoms with Gasteiger partial charge in [-0.2, -0.15) is 0 Å². The van der Waals surface area contributed by atoms with E-state index in [4.69, 9.17) is 4.74 Å². The van der Waals surface area contributed by atoms with E-state index >= 15 is 0 Å². The van der Waals surface area contributed by atoms with Gasteiger partial charge in [-0.25, -0.2) is 0 Å². The zero-order valence-electron chi connectivity index (χ0n) is 16.9. The van der Waals surface area contributed by atoms with Crippen LogP contribution in [0.3, 0.4) is 0 Å². The molecule has 1 atom stereocenters. The summed E-state index contributed by atoms with van der Waals surface area (Å²) in [6.07, 6.45) is 0.401. The number of hydrogen-bond donors (Lipinski definition) is 3. The lowest BCUT2D eigenvalue weighted by Crippen LogP contribution is -2.42. The molecule has 6 nitrogen and oxygen atoms in total. The minimum absolute atomic E-state index is 0.154. The fourth-order valence-electron chi connectivity index (χ4n) is 3.89. The van der Waals surface area contributed by atoms with E-state index in [1.54, 1.807) is 0 Å². The molecule has 1 unspecified atom stereocenters. The zero-order chi connectivity index (χ0) is 20.2. The maximum absolute atomic E-state index is 12.7. The minimum Gasteiger partial charge on any atom is -0.390 e. The molecule has 2 aromatic rings. The second-order valence-electron chi connectivity index (χ2n) is 8.03. The van der Waals surface area contributed by atoms with Gasteiger partial charge in [-0.15, -0.1) is 0 Å². The van der Waals surface area contributed by atoms with Gasteiger partial charge in [0, 0.05) is 37.4 Å². The fourth-order valence-corrected chi connectivity index (χ4v) is 3.89. The predicted molar refractivity (Wildman–Crippen MR) is 113 cm³/mol. The van der Waals surface area contributed by atoms with Crippen molar-refractivity contribution in [3.63, 3.8) is 0 Å². The number of hydrogen-bond acceptors (Lipinski definition) is 5. The Kier molecular flexibility index (Phi) is 6.13. The van der Waals surface area contributed by atoms with Crippen molar-refractivity contribution >= 4 is 11.6 Å². The lowest BCUT2D eigenvalue weighted by molar-refractivity contribution is 0.0211. The molecule has 0 bridgehead atoms. The SMILES string of the molecule is Cc1ccc(NC2COC2)cc1C(=O)NCC(O)CN1CCc2ccccc2C1. The first-order valence-corrected chi connectivity index (χ1v) is 10.3. The highest BCUT2D eigenvalue weighted by Crippen LogP contribution is 2.19. The summed E-state index contributed by atoms with van der Waals surface area (Å²) in [4.78, 5) is 14.9. The molecule has 2 aliphatic heterocycles. The van der Waals surface area contributed by atoms with Crippen LogP contribution in [0.15, 0.2) is 42.5 Å². The Morgan fingerprint density at radius 3 is 2.79 bits per heavy atom. The number of anilines is 1. The maximum Gasteiger partial charge on any atom is 0.251 e. The van der Waals surface area contributed by atoms with Gasteiger partial charge >= 0.3 is 0 Å². The minimum atomic E-state index is -0.599. The third kappa shape index (κ3) is 4.96. The number of carbonyl (C=O) groups excluding carboxylic acids is 1. The molecular weight excluding hydrogens is 366 g/mol. The number of aliphatic hydroxyl groups excluding tert-OH is 1. The average molecular weight is 396 g/mol. The molecule has 3 N–H and O–H groups in total. The number of rotatable bonds is 7. The molecule has 4 rings (SSSR count). The topological polar surface area (TPSA) is 73.8 Å². The summed E-state index contributed by atoms with van der Waals surface area (Å²) in [6, 6.07) is 14.6. The third-order valence-corrected chi connectivity index (χ3v) is 5.67. The Labute approximate surface area is 171 Å². The Morgan fingerprint density at radius 2 is 2.03 bits per heavy atom. The monoisotopic (exact) mass is 395 g/mol. The number of aryl methyl sites for hydroxylation is 1. The molecule has 6 heteroatoms. The summed E-state index contributed by atoms with van der Waals surface area (Å²) in [7, 11) is 0. The van der Waals surface area contributed by atoms with Crippen molar-refractivity contribution in [2.45, 2.75) is 32.0 Å². The number of amides is 1. The molecule has 1 amide bonds. The highest BCUT2D eigenvalue weighted by atomic mass is 16.5. The first-order chi connectivity index (χ1) is 14.1. The smallest absolute Gasteiger partial charge is 0.251 e. The van der Waals surface area contributed by atoms with Gasteiger partial charge < -0.3 is 20.5 Å². The molecule has 0 spiro atoms. The average Bonchev–Trinajstić information content (AvgIpc) is 2.70. The number of ether oxygens (including phenoxy) is 1. The van der Waals surface area contributed by atoms with Crippen LogP contribution in [0.2, 0.25) is 0 Å². The molecule has 2 aliphatic rings. The highest BCUT2D eigenvalue weighted by molar-refractivity contribution is 5.96. The van der Waals surface area contributed by atoms with Crippen LogP contribution < -0.4 is 10.6 Å². The van der Waals surface area contributed by atoms with E-state index in [0.29, 0.717) is 31.4 Å². The van der Waals surface area contributed by atoms with Crippen molar-refractivity contribution < 1.29 is 14.6 Å². The normalized spacial score (nSPS) is 17.9. The second-order valence-corrected chi connectivity index (χ2v) is 8.03. The molecule has 1 fully saturated rings. The van der Waals surface area contributed by atoms with Crippen LogP contribution in [0, 0.1) is 6.92 Å². The number of fused-ring (bicyclic) bond motifs is 1. The molecule has 29 heavy (non-hydrogen) atoms. The highest BCUT2D eigenvalue weighted by Gasteiger charge is 2.20. The van der Waals surface area contributed by atoms with Crippen molar-refractivity contribution in [1.82, 2.24) is 10.2 Å². The van der Waals surface area contributed by atoms with Crippen LogP contribution in [0.4, 0.5) is 5.69 Å². The van der Waals surface area contributed by atoms with Gasteiger partial charge in [0.05, 0.1) is 25.4 Å². The van der Waals surface area contributed by atoms with Crippen molar-refractivity contribution in [3.05, 3.63) is 64.7 Å². The fraction of sp³-hybridized carbons (Fsp3) is 0.435. The molecule has 0 aromatic heterocycles. The molecule has 1 saturated heterocycles. The Balaban J connectivity index is 1.28. The first-order valence-electron chi connectivity index (χ1n) is 10.3. The Bertz CT molecular complexity index is 866. The lowest BCUT2D eigenvalue weighted by Gasteiger charge is -2.30. The number of aliphatic hydroxyl groups is 1. The van der Waals surface area contributed by atoms with Gasteiger partial charge in [0.2, 0.25) is 0 Å². The van der Waals surface area contributed by atoms with Crippen molar-refractivity contribution in [3.8, 4) is 0 Å². The largest absolute Gasteiger partial charge is 0.390 e. The molecular formula is C23H29N3O3. The van der Waals surface area contributed by atoms with Gasteiger partial charge in [-0.1, -0.05) is 30.3 Å². The van der Waals surface area contributed by atoms with Crippen molar-refractivity contribution in [2.75, 3.05) is 38.2 Å². The van der Waals surface area contributed by atoms with E-state index in [2.05, 4.69) is 39.8 Å². The number of benzene rings is 2. The van der Waals surface area contributed by atoms with Crippen LogP contribution in [0.25, 0.3) is 0 Å². The van der Waals surface area contributed by atoms with E-state index in [-0.39, 0.29) is 12.5 Å². The summed E-state index contributed by atoms with van der Waals surface area (Å²) in [6.45, 7) is 5.89. The summed E-state index contributed by atoms with van der Waals surface area (Å²) < 4.78 is 5.18. The third-order valence-electron chi connectivity index (χ3n) is 5.67. The van der Waals surface area contributed by atoms with Crippen LogP contribution in [-0.2, 0) is 17.7 Å². The van der Waals surface area contributed by atoms with Crippen molar-refractivity contribution in [2.24, 2.45) is 0 Å². The van der Waals surface area contributed by atoms with E-state index in [0.717, 1.165) is 30.8 Å². The van der Waals surface area contributed by atoms with Gasteiger partial charge in [-0.3, -0.25) is 9.69 Å². The van der Waals surface area contributed by atoms with Gasteiger partial charge in [-0.05, 0) is 42.2 Å². The Hall–Kier alpha value is -2.41. The quantitative estimate of drug-likeness (QED) is 0.668. The van der Waals surface area contributed by atoms with E-state index in [1.807, 2.05) is 25.1 Å². The predicted octanol–water partition coefficient (Wildman–Crippen LogP) is 1.95. The van der Waals surface area contributed by atoms with Crippen LogP contribution >= 0.6 is 0 Å². The number of β-amino-alcohol motifs (C(OH)–C–C–N with tert-alkyl or cyclic N) is 1. The summed E-state index contributed by atoms with van der Waals surface area (Å²) in [5.41, 5.74) is 5.19. The molecule has 2 heterocycles. The number of nitrogens with one attached hydrogen (secondary N) is 2. The molecule has 2 aromatic carbocycles.